The number of ether oxygens (including phenoxy) is 3. The molecule has 1 fully saturated rings. The number of epoxide rings is 1. The molecule has 0 bridgehead atoms. The lowest BCUT2D eigenvalue weighted by Gasteiger charge is -2.17. The quantitative estimate of drug-likeness (QED) is 0.171. The van der Waals surface area contributed by atoms with Gasteiger partial charge in [-0.05, 0) is 19.3 Å². The predicted molar refractivity (Wildman–Crippen MR) is 107 cm³/mol. The molecule has 3 atom stereocenters. The Bertz CT molecular complexity index is 298. The third-order valence-electron chi connectivity index (χ3n) is 5.44. The van der Waals surface area contributed by atoms with Crippen LogP contribution in [0.4, 0.5) is 0 Å². The van der Waals surface area contributed by atoms with Crippen molar-refractivity contribution in [3.63, 3.8) is 0 Å². The fourth-order valence-electron chi connectivity index (χ4n) is 3.63. The number of methoxy groups -OCH3 is 1. The van der Waals surface area contributed by atoms with Crippen molar-refractivity contribution >= 4 is 0 Å². The molecule has 0 aromatic carbocycles. The first kappa shape index (κ1) is 23.9. The van der Waals surface area contributed by atoms with E-state index in [1.54, 1.807) is 7.11 Å². The van der Waals surface area contributed by atoms with Crippen LogP contribution in [0, 0.1) is 0 Å². The molecule has 0 unspecified atom stereocenters. The van der Waals surface area contributed by atoms with Gasteiger partial charge in [-0.1, -0.05) is 84.0 Å². The van der Waals surface area contributed by atoms with E-state index in [9.17, 15) is 0 Å². The molecule has 4 nitrogen and oxygen atoms in total. The van der Waals surface area contributed by atoms with E-state index in [0.717, 1.165) is 19.3 Å². The fourth-order valence-corrected chi connectivity index (χ4v) is 3.63. The molecule has 0 aromatic rings. The average Bonchev–Trinajstić information content (AvgIpc) is 3.42. The summed E-state index contributed by atoms with van der Waals surface area (Å²) in [6.45, 7) is 2.80. The molecule has 1 heterocycles. The summed E-state index contributed by atoms with van der Waals surface area (Å²) in [5, 5.41) is 9.03. The van der Waals surface area contributed by atoms with Crippen molar-refractivity contribution in [1.29, 1.82) is 0 Å². The minimum Gasteiger partial charge on any atom is -0.394 e. The van der Waals surface area contributed by atoms with Crippen LogP contribution in [0.1, 0.15) is 103 Å². The first-order chi connectivity index (χ1) is 12.8. The Labute approximate surface area is 162 Å². The summed E-state index contributed by atoms with van der Waals surface area (Å²) in [5.41, 5.74) is 0. The van der Waals surface area contributed by atoms with Crippen LogP contribution >= 0.6 is 0 Å². The van der Waals surface area contributed by atoms with E-state index in [4.69, 9.17) is 19.3 Å². The fraction of sp³-hybridized carbons (Fsp3) is 1.00. The second kappa shape index (κ2) is 17.0. The maximum absolute atomic E-state index is 9.03. The van der Waals surface area contributed by atoms with Crippen LogP contribution in [0.3, 0.4) is 0 Å². The molecule has 26 heavy (non-hydrogen) atoms. The first-order valence-corrected chi connectivity index (χ1v) is 11.2. The van der Waals surface area contributed by atoms with E-state index in [0.29, 0.717) is 6.79 Å². The molecule has 0 aromatic heterocycles. The smallest absolute Gasteiger partial charge is 0.146 e. The van der Waals surface area contributed by atoms with E-state index in [2.05, 4.69) is 6.92 Å². The summed E-state index contributed by atoms with van der Waals surface area (Å²) < 4.78 is 16.3. The highest BCUT2D eigenvalue weighted by Gasteiger charge is 2.37. The zero-order valence-corrected chi connectivity index (χ0v) is 17.4. The minimum absolute atomic E-state index is 0.0738. The van der Waals surface area contributed by atoms with Crippen molar-refractivity contribution in [3.8, 4) is 0 Å². The van der Waals surface area contributed by atoms with Crippen molar-refractivity contribution in [3.05, 3.63) is 0 Å². The van der Waals surface area contributed by atoms with E-state index < -0.39 is 0 Å². The third kappa shape index (κ3) is 13.1. The molecule has 1 aliphatic heterocycles. The van der Waals surface area contributed by atoms with Crippen LogP contribution in [-0.4, -0.2) is 43.9 Å². The number of hydrogen-bond donors (Lipinski definition) is 1. The number of rotatable bonds is 20. The van der Waals surface area contributed by atoms with Crippen molar-refractivity contribution in [2.24, 2.45) is 0 Å². The largest absolute Gasteiger partial charge is 0.394 e. The van der Waals surface area contributed by atoms with Gasteiger partial charge < -0.3 is 19.3 Å². The molecule has 0 amide bonds. The molecule has 0 aliphatic carbocycles. The maximum atomic E-state index is 9.03. The summed E-state index contributed by atoms with van der Waals surface area (Å²) in [4.78, 5) is 0. The molecule has 0 saturated carbocycles. The highest BCUT2D eigenvalue weighted by atomic mass is 16.7. The number of hydrogen-bond acceptors (Lipinski definition) is 4. The topological polar surface area (TPSA) is 51.2 Å². The number of unbranched alkanes of at least 4 members (excludes halogenated alkanes) is 11. The zero-order valence-electron chi connectivity index (χ0n) is 17.4. The van der Waals surface area contributed by atoms with Crippen LogP contribution in [0.25, 0.3) is 0 Å². The van der Waals surface area contributed by atoms with Gasteiger partial charge in [0.1, 0.15) is 12.9 Å². The van der Waals surface area contributed by atoms with Gasteiger partial charge in [-0.2, -0.15) is 0 Å². The molecular formula is C22H44O4. The Morgan fingerprint density at radius 1 is 0.808 bits per heavy atom. The third-order valence-corrected chi connectivity index (χ3v) is 5.44. The zero-order chi connectivity index (χ0) is 18.9. The Hall–Kier alpha value is -0.160. The highest BCUT2D eigenvalue weighted by Crippen LogP contribution is 2.28. The summed E-state index contributed by atoms with van der Waals surface area (Å²) in [5.74, 6) is 0. The molecular weight excluding hydrogens is 328 g/mol. The Balaban J connectivity index is 1.90. The lowest BCUT2D eigenvalue weighted by atomic mass is 10.0. The molecule has 0 radical (unpaired) electrons. The average molecular weight is 373 g/mol. The Morgan fingerprint density at radius 3 is 1.88 bits per heavy atom. The molecule has 1 saturated heterocycles. The second-order valence-corrected chi connectivity index (χ2v) is 7.85. The maximum Gasteiger partial charge on any atom is 0.146 e. The molecule has 1 rings (SSSR count). The van der Waals surface area contributed by atoms with E-state index in [-0.39, 0.29) is 24.9 Å². The van der Waals surface area contributed by atoms with Gasteiger partial charge in [0.05, 0.1) is 18.8 Å². The molecule has 1 aliphatic rings. The van der Waals surface area contributed by atoms with Crippen LogP contribution in [0.5, 0.6) is 0 Å². The van der Waals surface area contributed by atoms with Crippen LogP contribution in [-0.2, 0) is 14.2 Å². The summed E-state index contributed by atoms with van der Waals surface area (Å²) in [6, 6.07) is 0. The summed E-state index contributed by atoms with van der Waals surface area (Å²) >= 11 is 0. The lowest BCUT2D eigenvalue weighted by molar-refractivity contribution is -0.0779. The van der Waals surface area contributed by atoms with Gasteiger partial charge in [-0.25, -0.2) is 0 Å². The molecule has 0 spiro atoms. The van der Waals surface area contributed by atoms with Crippen molar-refractivity contribution in [2.45, 2.75) is 122 Å². The predicted octanol–water partition coefficient (Wildman–Crippen LogP) is 5.61. The molecule has 4 heteroatoms. The lowest BCUT2D eigenvalue weighted by Crippen LogP contribution is -2.16. The van der Waals surface area contributed by atoms with Crippen LogP contribution in [0.15, 0.2) is 0 Å². The van der Waals surface area contributed by atoms with E-state index in [1.807, 2.05) is 0 Å². The van der Waals surface area contributed by atoms with Gasteiger partial charge in [0.2, 0.25) is 0 Å². The number of aliphatic hydroxyl groups is 1. The summed E-state index contributed by atoms with van der Waals surface area (Å²) in [7, 11) is 1.67. The van der Waals surface area contributed by atoms with Crippen molar-refractivity contribution in [1.82, 2.24) is 0 Å². The van der Waals surface area contributed by atoms with Gasteiger partial charge in [0.25, 0.3) is 0 Å². The van der Waals surface area contributed by atoms with Gasteiger partial charge in [0.15, 0.2) is 0 Å². The van der Waals surface area contributed by atoms with Crippen LogP contribution in [0.2, 0.25) is 0 Å². The summed E-state index contributed by atoms with van der Waals surface area (Å²) in [6.07, 6.45) is 20.2. The van der Waals surface area contributed by atoms with Gasteiger partial charge in [-0.15, -0.1) is 0 Å². The van der Waals surface area contributed by atoms with Gasteiger partial charge in [0, 0.05) is 7.11 Å². The minimum atomic E-state index is 0.0738. The van der Waals surface area contributed by atoms with Gasteiger partial charge in [-0.3, -0.25) is 0 Å². The van der Waals surface area contributed by atoms with E-state index in [1.165, 1.54) is 77.0 Å². The second-order valence-electron chi connectivity index (χ2n) is 7.85. The Morgan fingerprint density at radius 2 is 1.38 bits per heavy atom. The molecule has 1 N–H and O–H groups in total. The SMILES string of the molecule is CCCCCCCCCCCCCC[C@@H](CC[C@@H]1O[C@H]1CO)OCOC. The number of aliphatic hydroxyl groups excluding tert-OH is 1. The van der Waals surface area contributed by atoms with E-state index >= 15 is 0 Å². The first-order valence-electron chi connectivity index (χ1n) is 11.2. The van der Waals surface area contributed by atoms with Gasteiger partial charge >= 0.3 is 0 Å². The van der Waals surface area contributed by atoms with Crippen LogP contribution < -0.4 is 0 Å². The normalized spacial score (nSPS) is 20.4. The van der Waals surface area contributed by atoms with Crippen molar-refractivity contribution < 1.29 is 19.3 Å². The highest BCUT2D eigenvalue weighted by molar-refractivity contribution is 4.84. The monoisotopic (exact) mass is 372 g/mol. The Kier molecular flexibility index (Phi) is 15.6. The molecule has 156 valence electrons. The standard InChI is InChI=1S/C22H44O4/c1-3-4-5-6-7-8-9-10-11-12-13-14-15-20(25-19-24-2)16-17-21-22(18-23)26-21/h20-23H,3-19H2,1-2H3/t20-,21-,22-/m0/s1. The van der Waals surface area contributed by atoms with Crippen molar-refractivity contribution in [2.75, 3.05) is 20.5 Å².